The second-order valence-corrected chi connectivity index (χ2v) is 4.26. The predicted octanol–water partition coefficient (Wildman–Crippen LogP) is 4.53. The lowest BCUT2D eigenvalue weighted by Gasteiger charge is -2.13. The van der Waals surface area contributed by atoms with Crippen LogP contribution < -0.4 is 9.47 Å². The zero-order valence-corrected chi connectivity index (χ0v) is 11.2. The Morgan fingerprint density at radius 1 is 1.00 bits per heavy atom. The van der Waals surface area contributed by atoms with Crippen molar-refractivity contribution in [1.29, 1.82) is 0 Å². The van der Waals surface area contributed by atoms with E-state index in [1.807, 2.05) is 49.4 Å². The molecule has 18 heavy (non-hydrogen) atoms. The molecule has 0 heterocycles. The van der Waals surface area contributed by atoms with Gasteiger partial charge in [-0.25, -0.2) is 0 Å². The highest BCUT2D eigenvalue weighted by atomic mass is 35.5. The van der Waals surface area contributed by atoms with Crippen LogP contribution in [0.3, 0.4) is 0 Å². The molecule has 0 aliphatic heterocycles. The van der Waals surface area contributed by atoms with Crippen LogP contribution in [0.4, 0.5) is 0 Å². The molecule has 3 heteroatoms. The third kappa shape index (κ3) is 2.77. The van der Waals surface area contributed by atoms with E-state index in [4.69, 9.17) is 21.1 Å². The van der Waals surface area contributed by atoms with Gasteiger partial charge in [0.1, 0.15) is 5.75 Å². The van der Waals surface area contributed by atoms with E-state index >= 15 is 0 Å². The minimum absolute atomic E-state index is 0.421. The van der Waals surface area contributed by atoms with Gasteiger partial charge in [-0.3, -0.25) is 0 Å². The second-order valence-electron chi connectivity index (χ2n) is 4.00. The molecule has 0 aliphatic carbocycles. The molecule has 0 unspecified atom stereocenters. The summed E-state index contributed by atoms with van der Waals surface area (Å²) in [6.45, 7) is 2.01. The molecular weight excluding hydrogens is 248 g/mol. The molecule has 2 nitrogen and oxygen atoms in total. The minimum Gasteiger partial charge on any atom is -0.493 e. The van der Waals surface area contributed by atoms with Crippen molar-refractivity contribution in [1.82, 2.24) is 0 Å². The summed E-state index contributed by atoms with van der Waals surface area (Å²) in [4.78, 5) is 0. The summed E-state index contributed by atoms with van der Waals surface area (Å²) < 4.78 is 11.2. The summed E-state index contributed by atoms with van der Waals surface area (Å²) in [6.07, 6.45) is 0. The average molecular weight is 263 g/mol. The van der Waals surface area contributed by atoms with Crippen molar-refractivity contribution >= 4 is 11.6 Å². The van der Waals surface area contributed by atoms with Crippen molar-refractivity contribution in [2.24, 2.45) is 0 Å². The van der Waals surface area contributed by atoms with Crippen LogP contribution in [0, 0.1) is 6.92 Å². The van der Waals surface area contributed by atoms with E-state index in [1.165, 1.54) is 0 Å². The quantitative estimate of drug-likeness (QED) is 0.754. The molecule has 94 valence electrons. The average Bonchev–Trinajstić information content (AvgIpc) is 2.41. The van der Waals surface area contributed by atoms with E-state index in [0.717, 1.165) is 22.6 Å². The standard InChI is InChI=1S/C15H15ClO2/c1-11-7-8-14(15(9-11)17-2)18-13-6-4-3-5-12(13)10-16/h3-9H,10H2,1-2H3. The van der Waals surface area contributed by atoms with Crippen LogP contribution >= 0.6 is 11.6 Å². The monoisotopic (exact) mass is 262 g/mol. The van der Waals surface area contributed by atoms with Crippen LogP contribution in [0.5, 0.6) is 17.2 Å². The van der Waals surface area contributed by atoms with Crippen LogP contribution in [0.15, 0.2) is 42.5 Å². The van der Waals surface area contributed by atoms with Gasteiger partial charge < -0.3 is 9.47 Å². The van der Waals surface area contributed by atoms with E-state index in [1.54, 1.807) is 7.11 Å². The van der Waals surface area contributed by atoms with Crippen molar-refractivity contribution in [2.45, 2.75) is 12.8 Å². The fraction of sp³-hybridized carbons (Fsp3) is 0.200. The number of ether oxygens (including phenoxy) is 2. The topological polar surface area (TPSA) is 18.5 Å². The molecular formula is C15H15ClO2. The molecule has 0 bridgehead atoms. The van der Waals surface area contributed by atoms with E-state index in [2.05, 4.69) is 0 Å². The first-order valence-corrected chi connectivity index (χ1v) is 6.24. The molecule has 2 aromatic carbocycles. The van der Waals surface area contributed by atoms with Crippen molar-refractivity contribution in [3.63, 3.8) is 0 Å². The Hall–Kier alpha value is -1.67. The molecule has 2 rings (SSSR count). The maximum Gasteiger partial charge on any atom is 0.169 e. The largest absolute Gasteiger partial charge is 0.493 e. The smallest absolute Gasteiger partial charge is 0.169 e. The number of hydrogen-bond donors (Lipinski definition) is 0. The molecule has 0 fully saturated rings. The van der Waals surface area contributed by atoms with Gasteiger partial charge in [-0.1, -0.05) is 24.3 Å². The van der Waals surface area contributed by atoms with Crippen LogP contribution in [0.25, 0.3) is 0 Å². The summed E-state index contributed by atoms with van der Waals surface area (Å²) in [5.41, 5.74) is 2.09. The highest BCUT2D eigenvalue weighted by molar-refractivity contribution is 6.17. The Balaban J connectivity index is 2.33. The molecule has 0 saturated carbocycles. The van der Waals surface area contributed by atoms with Gasteiger partial charge in [-0.05, 0) is 30.7 Å². The lowest BCUT2D eigenvalue weighted by atomic mass is 10.2. The van der Waals surface area contributed by atoms with Crippen molar-refractivity contribution < 1.29 is 9.47 Å². The van der Waals surface area contributed by atoms with Crippen molar-refractivity contribution in [3.8, 4) is 17.2 Å². The zero-order chi connectivity index (χ0) is 13.0. The van der Waals surface area contributed by atoms with E-state index in [9.17, 15) is 0 Å². The summed E-state index contributed by atoms with van der Waals surface area (Å²) in [5, 5.41) is 0. The Kier molecular flexibility index (Phi) is 4.11. The van der Waals surface area contributed by atoms with Gasteiger partial charge in [-0.2, -0.15) is 0 Å². The maximum atomic E-state index is 5.89. The summed E-state index contributed by atoms with van der Waals surface area (Å²) in [6, 6.07) is 13.5. The third-order valence-electron chi connectivity index (χ3n) is 2.66. The van der Waals surface area contributed by atoms with Crippen LogP contribution in [-0.4, -0.2) is 7.11 Å². The van der Waals surface area contributed by atoms with Crippen LogP contribution in [0.2, 0.25) is 0 Å². The molecule has 0 radical (unpaired) electrons. The lowest BCUT2D eigenvalue weighted by Crippen LogP contribution is -1.93. The summed E-state index contributed by atoms with van der Waals surface area (Å²) in [5.74, 6) is 2.60. The highest BCUT2D eigenvalue weighted by Crippen LogP contribution is 2.33. The number of para-hydroxylation sites is 1. The van der Waals surface area contributed by atoms with Crippen molar-refractivity contribution in [2.75, 3.05) is 7.11 Å². The minimum atomic E-state index is 0.421. The molecule has 0 atom stereocenters. The van der Waals surface area contributed by atoms with Gasteiger partial charge >= 0.3 is 0 Å². The number of benzene rings is 2. The first kappa shape index (κ1) is 12.8. The molecule has 0 spiro atoms. The van der Waals surface area contributed by atoms with E-state index in [-0.39, 0.29) is 0 Å². The van der Waals surface area contributed by atoms with Gasteiger partial charge in [0.2, 0.25) is 0 Å². The number of halogens is 1. The zero-order valence-electron chi connectivity index (χ0n) is 10.4. The van der Waals surface area contributed by atoms with Gasteiger partial charge in [0.05, 0.1) is 13.0 Å². The Morgan fingerprint density at radius 2 is 1.78 bits per heavy atom. The first-order chi connectivity index (χ1) is 8.74. The Bertz CT molecular complexity index is 538. The highest BCUT2D eigenvalue weighted by Gasteiger charge is 2.08. The molecule has 0 N–H and O–H groups in total. The predicted molar refractivity (Wildman–Crippen MR) is 73.8 cm³/mol. The number of hydrogen-bond acceptors (Lipinski definition) is 2. The molecule has 0 amide bonds. The van der Waals surface area contributed by atoms with E-state index in [0.29, 0.717) is 11.6 Å². The van der Waals surface area contributed by atoms with Gasteiger partial charge in [0.15, 0.2) is 11.5 Å². The lowest BCUT2D eigenvalue weighted by molar-refractivity contribution is 0.377. The molecule has 2 aromatic rings. The van der Waals surface area contributed by atoms with E-state index < -0.39 is 0 Å². The third-order valence-corrected chi connectivity index (χ3v) is 2.94. The summed E-state index contributed by atoms with van der Waals surface area (Å²) >= 11 is 5.89. The molecule has 0 aliphatic rings. The number of rotatable bonds is 4. The van der Waals surface area contributed by atoms with Crippen LogP contribution in [0.1, 0.15) is 11.1 Å². The number of methoxy groups -OCH3 is 1. The van der Waals surface area contributed by atoms with Gasteiger partial charge in [0.25, 0.3) is 0 Å². The number of alkyl halides is 1. The SMILES string of the molecule is COc1cc(C)ccc1Oc1ccccc1CCl. The molecule has 0 saturated heterocycles. The number of aryl methyl sites for hydroxylation is 1. The summed E-state index contributed by atoms with van der Waals surface area (Å²) in [7, 11) is 1.63. The Morgan fingerprint density at radius 3 is 2.50 bits per heavy atom. The van der Waals surface area contributed by atoms with Crippen molar-refractivity contribution in [3.05, 3.63) is 53.6 Å². The fourth-order valence-electron chi connectivity index (χ4n) is 1.69. The fourth-order valence-corrected chi connectivity index (χ4v) is 1.91. The van der Waals surface area contributed by atoms with Crippen LogP contribution in [-0.2, 0) is 5.88 Å². The molecule has 0 aromatic heterocycles. The second kappa shape index (κ2) is 5.78. The van der Waals surface area contributed by atoms with Gasteiger partial charge in [0, 0.05) is 5.56 Å². The first-order valence-electron chi connectivity index (χ1n) is 5.71. The van der Waals surface area contributed by atoms with Gasteiger partial charge in [-0.15, -0.1) is 11.6 Å². The maximum absolute atomic E-state index is 5.89. The Labute approximate surface area is 112 Å². The normalized spacial score (nSPS) is 10.2.